The van der Waals surface area contributed by atoms with Crippen molar-refractivity contribution in [1.29, 1.82) is 0 Å². The average molecular weight is 302 g/mol. The van der Waals surface area contributed by atoms with Crippen LogP contribution in [0.1, 0.15) is 17.0 Å². The van der Waals surface area contributed by atoms with Crippen LogP contribution in [-0.4, -0.2) is 9.78 Å². The molecule has 0 aliphatic rings. The SMILES string of the molecule is Cc1nn(Cc2ccccc2)c(C)c1Br.Cl. The number of benzene rings is 1. The van der Waals surface area contributed by atoms with Gasteiger partial charge in [0.25, 0.3) is 0 Å². The average Bonchev–Trinajstić information content (AvgIpc) is 2.48. The van der Waals surface area contributed by atoms with Gasteiger partial charge in [-0.25, -0.2) is 0 Å². The normalized spacial score (nSPS) is 9.94. The van der Waals surface area contributed by atoms with E-state index in [9.17, 15) is 0 Å². The van der Waals surface area contributed by atoms with Crippen LogP contribution in [0.2, 0.25) is 0 Å². The molecule has 0 unspecified atom stereocenters. The van der Waals surface area contributed by atoms with Gasteiger partial charge in [0.1, 0.15) is 0 Å². The van der Waals surface area contributed by atoms with Crippen molar-refractivity contribution < 1.29 is 0 Å². The van der Waals surface area contributed by atoms with E-state index in [-0.39, 0.29) is 12.4 Å². The van der Waals surface area contributed by atoms with Crippen molar-refractivity contribution in [2.24, 2.45) is 0 Å². The second kappa shape index (κ2) is 5.51. The summed E-state index contributed by atoms with van der Waals surface area (Å²) < 4.78 is 3.13. The molecule has 0 aliphatic carbocycles. The van der Waals surface area contributed by atoms with Gasteiger partial charge in [0.15, 0.2) is 0 Å². The van der Waals surface area contributed by atoms with Crippen LogP contribution in [0.25, 0.3) is 0 Å². The Morgan fingerprint density at radius 3 is 2.31 bits per heavy atom. The summed E-state index contributed by atoms with van der Waals surface area (Å²) in [6.45, 7) is 4.92. The van der Waals surface area contributed by atoms with Gasteiger partial charge in [-0.1, -0.05) is 30.3 Å². The van der Waals surface area contributed by atoms with Gasteiger partial charge in [-0.3, -0.25) is 4.68 Å². The Balaban J connectivity index is 0.00000128. The summed E-state index contributed by atoms with van der Waals surface area (Å²) in [4.78, 5) is 0. The van der Waals surface area contributed by atoms with Crippen LogP contribution in [0.5, 0.6) is 0 Å². The maximum Gasteiger partial charge on any atom is 0.0738 e. The largest absolute Gasteiger partial charge is 0.264 e. The standard InChI is InChI=1S/C12H13BrN2.ClH/c1-9-12(13)10(2)15(14-9)8-11-6-4-3-5-7-11;/h3-7H,8H2,1-2H3;1H. The van der Waals surface area contributed by atoms with Crippen molar-refractivity contribution in [3.05, 3.63) is 51.8 Å². The Labute approximate surface area is 110 Å². The van der Waals surface area contributed by atoms with Crippen LogP contribution >= 0.6 is 28.3 Å². The number of nitrogens with zero attached hydrogens (tertiary/aromatic N) is 2. The molecule has 1 heterocycles. The number of aromatic nitrogens is 2. The molecule has 1 aromatic heterocycles. The smallest absolute Gasteiger partial charge is 0.0738 e. The molecule has 0 N–H and O–H groups in total. The van der Waals surface area contributed by atoms with Gasteiger partial charge in [-0.2, -0.15) is 5.10 Å². The summed E-state index contributed by atoms with van der Waals surface area (Å²) in [7, 11) is 0. The maximum absolute atomic E-state index is 4.47. The quantitative estimate of drug-likeness (QED) is 0.826. The molecule has 0 aliphatic heterocycles. The van der Waals surface area contributed by atoms with E-state index in [1.165, 1.54) is 11.3 Å². The summed E-state index contributed by atoms with van der Waals surface area (Å²) in [5.74, 6) is 0. The van der Waals surface area contributed by atoms with Crippen LogP contribution in [-0.2, 0) is 6.54 Å². The summed E-state index contributed by atoms with van der Waals surface area (Å²) in [5.41, 5.74) is 3.50. The monoisotopic (exact) mass is 300 g/mol. The van der Waals surface area contributed by atoms with Crippen molar-refractivity contribution >= 4 is 28.3 Å². The zero-order valence-electron chi connectivity index (χ0n) is 9.27. The van der Waals surface area contributed by atoms with Crippen molar-refractivity contribution in [2.75, 3.05) is 0 Å². The number of aryl methyl sites for hydroxylation is 1. The lowest BCUT2D eigenvalue weighted by molar-refractivity contribution is 0.658. The minimum atomic E-state index is 0. The molecule has 4 heteroatoms. The Morgan fingerprint density at radius 2 is 1.81 bits per heavy atom. The zero-order valence-corrected chi connectivity index (χ0v) is 11.7. The van der Waals surface area contributed by atoms with E-state index < -0.39 is 0 Å². The predicted octanol–water partition coefficient (Wildman–Crippen LogP) is 3.73. The molecule has 0 radical (unpaired) electrons. The zero-order chi connectivity index (χ0) is 10.8. The third-order valence-electron chi connectivity index (χ3n) is 2.47. The Morgan fingerprint density at radius 1 is 1.19 bits per heavy atom. The minimum absolute atomic E-state index is 0. The lowest BCUT2D eigenvalue weighted by Crippen LogP contribution is -2.03. The molecular formula is C12H14BrClN2. The topological polar surface area (TPSA) is 17.8 Å². The molecule has 0 saturated carbocycles. The van der Waals surface area contributed by atoms with E-state index in [2.05, 4.69) is 52.2 Å². The molecule has 0 bridgehead atoms. The molecule has 1 aromatic carbocycles. The fourth-order valence-corrected chi connectivity index (χ4v) is 1.87. The third-order valence-corrected chi connectivity index (χ3v) is 3.62. The highest BCUT2D eigenvalue weighted by molar-refractivity contribution is 9.10. The molecule has 2 rings (SSSR count). The van der Waals surface area contributed by atoms with E-state index in [1.807, 2.05) is 17.7 Å². The molecule has 0 spiro atoms. The van der Waals surface area contributed by atoms with Crippen LogP contribution in [0.3, 0.4) is 0 Å². The Bertz CT molecular complexity index is 465. The second-order valence-corrected chi connectivity index (χ2v) is 4.42. The molecule has 2 nitrogen and oxygen atoms in total. The van der Waals surface area contributed by atoms with E-state index >= 15 is 0 Å². The molecule has 0 fully saturated rings. The van der Waals surface area contributed by atoms with Crippen LogP contribution in [0.15, 0.2) is 34.8 Å². The van der Waals surface area contributed by atoms with Crippen molar-refractivity contribution in [2.45, 2.75) is 20.4 Å². The van der Waals surface area contributed by atoms with Crippen molar-refractivity contribution in [3.8, 4) is 0 Å². The van der Waals surface area contributed by atoms with Crippen molar-refractivity contribution in [1.82, 2.24) is 9.78 Å². The fourth-order valence-electron chi connectivity index (χ4n) is 1.59. The molecular weight excluding hydrogens is 288 g/mol. The van der Waals surface area contributed by atoms with Gasteiger partial charge in [-0.15, -0.1) is 12.4 Å². The maximum atomic E-state index is 4.47. The van der Waals surface area contributed by atoms with Crippen LogP contribution < -0.4 is 0 Å². The first-order chi connectivity index (χ1) is 7.18. The molecule has 0 saturated heterocycles. The number of hydrogen-bond acceptors (Lipinski definition) is 1. The second-order valence-electron chi connectivity index (χ2n) is 3.63. The van der Waals surface area contributed by atoms with Crippen LogP contribution in [0.4, 0.5) is 0 Å². The highest BCUT2D eigenvalue weighted by Gasteiger charge is 2.08. The first kappa shape index (κ1) is 13.3. The Hall–Kier alpha value is -0.800. The lowest BCUT2D eigenvalue weighted by Gasteiger charge is -2.03. The minimum Gasteiger partial charge on any atom is -0.264 e. The molecule has 0 atom stereocenters. The highest BCUT2D eigenvalue weighted by atomic mass is 79.9. The molecule has 2 aromatic rings. The van der Waals surface area contributed by atoms with Crippen molar-refractivity contribution in [3.63, 3.8) is 0 Å². The van der Waals surface area contributed by atoms with Gasteiger partial charge in [0.2, 0.25) is 0 Å². The number of hydrogen-bond donors (Lipinski definition) is 0. The van der Waals surface area contributed by atoms with E-state index in [0.717, 1.165) is 16.7 Å². The van der Waals surface area contributed by atoms with Crippen LogP contribution in [0, 0.1) is 13.8 Å². The Kier molecular flexibility index (Phi) is 4.56. The first-order valence-electron chi connectivity index (χ1n) is 4.92. The summed E-state index contributed by atoms with van der Waals surface area (Å²) in [6.07, 6.45) is 0. The number of halogens is 2. The number of rotatable bonds is 2. The predicted molar refractivity (Wildman–Crippen MR) is 72.2 cm³/mol. The van der Waals surface area contributed by atoms with Gasteiger partial charge < -0.3 is 0 Å². The third kappa shape index (κ3) is 2.66. The first-order valence-corrected chi connectivity index (χ1v) is 5.71. The highest BCUT2D eigenvalue weighted by Crippen LogP contribution is 2.20. The fraction of sp³-hybridized carbons (Fsp3) is 0.250. The van der Waals surface area contributed by atoms with Gasteiger partial charge in [0.05, 0.1) is 22.4 Å². The summed E-state index contributed by atoms with van der Waals surface area (Å²) in [5, 5.41) is 4.47. The van der Waals surface area contributed by atoms with E-state index in [0.29, 0.717) is 0 Å². The molecule has 0 amide bonds. The lowest BCUT2D eigenvalue weighted by atomic mass is 10.2. The molecule has 16 heavy (non-hydrogen) atoms. The summed E-state index contributed by atoms with van der Waals surface area (Å²) >= 11 is 3.53. The van der Waals surface area contributed by atoms with Gasteiger partial charge >= 0.3 is 0 Å². The van der Waals surface area contributed by atoms with E-state index in [1.54, 1.807) is 0 Å². The van der Waals surface area contributed by atoms with Gasteiger partial charge in [-0.05, 0) is 35.3 Å². The van der Waals surface area contributed by atoms with Gasteiger partial charge in [0, 0.05) is 0 Å². The summed E-state index contributed by atoms with van der Waals surface area (Å²) in [6, 6.07) is 10.4. The molecule has 86 valence electrons. The van der Waals surface area contributed by atoms with E-state index in [4.69, 9.17) is 0 Å².